The van der Waals surface area contributed by atoms with Crippen molar-refractivity contribution in [2.24, 2.45) is 11.1 Å². The first-order valence-electron chi connectivity index (χ1n) is 8.75. The maximum absolute atomic E-state index is 12.7. The average molecular weight is 365 g/mol. The molecular formula is C22H23NO4. The molecule has 0 bridgehead atoms. The Morgan fingerprint density at radius 2 is 1.59 bits per heavy atom. The number of rotatable bonds is 6. The van der Waals surface area contributed by atoms with E-state index in [1.165, 1.54) is 6.08 Å². The van der Waals surface area contributed by atoms with Crippen LogP contribution in [-0.2, 0) is 14.3 Å². The Morgan fingerprint density at radius 1 is 1.11 bits per heavy atom. The van der Waals surface area contributed by atoms with E-state index < -0.39 is 22.9 Å². The third-order valence-corrected chi connectivity index (χ3v) is 5.53. The highest BCUT2D eigenvalue weighted by molar-refractivity contribution is 6.05. The third kappa shape index (κ3) is 2.84. The van der Waals surface area contributed by atoms with Crippen LogP contribution in [0.5, 0.6) is 0 Å². The molecular weight excluding hydrogens is 342 g/mol. The molecule has 27 heavy (non-hydrogen) atoms. The van der Waals surface area contributed by atoms with Crippen molar-refractivity contribution in [2.45, 2.75) is 25.3 Å². The Hall–Kier alpha value is -2.92. The molecule has 0 saturated heterocycles. The SMILES string of the molecule is C=CC(C)(C)[C@@](N)(C(=O)O)C(=O)OCC1c2ccccc2-c2ccccc21. The van der Waals surface area contributed by atoms with Crippen molar-refractivity contribution in [3.8, 4) is 11.1 Å². The summed E-state index contributed by atoms with van der Waals surface area (Å²) in [6.07, 6.45) is 1.36. The van der Waals surface area contributed by atoms with Gasteiger partial charge in [-0.1, -0.05) is 68.5 Å². The lowest BCUT2D eigenvalue weighted by atomic mass is 9.72. The van der Waals surface area contributed by atoms with Gasteiger partial charge in [-0.05, 0) is 22.3 Å². The van der Waals surface area contributed by atoms with Crippen LogP contribution < -0.4 is 5.73 Å². The van der Waals surface area contributed by atoms with Crippen LogP contribution in [0.4, 0.5) is 0 Å². The molecule has 3 rings (SSSR count). The first-order valence-corrected chi connectivity index (χ1v) is 8.75. The Bertz CT molecular complexity index is 873. The molecule has 0 saturated carbocycles. The van der Waals surface area contributed by atoms with E-state index in [1.54, 1.807) is 13.8 Å². The van der Waals surface area contributed by atoms with Gasteiger partial charge in [-0.15, -0.1) is 6.58 Å². The number of hydrogen-bond acceptors (Lipinski definition) is 4. The summed E-state index contributed by atoms with van der Waals surface area (Å²) in [5.41, 5.74) is 6.89. The lowest BCUT2D eigenvalue weighted by Crippen LogP contribution is -2.64. The summed E-state index contributed by atoms with van der Waals surface area (Å²) < 4.78 is 5.46. The smallest absolute Gasteiger partial charge is 0.338 e. The normalized spacial score (nSPS) is 15.4. The minimum atomic E-state index is -2.22. The zero-order chi connectivity index (χ0) is 19.8. The van der Waals surface area contributed by atoms with Gasteiger partial charge >= 0.3 is 11.9 Å². The van der Waals surface area contributed by atoms with Gasteiger partial charge in [0.05, 0.1) is 0 Å². The predicted octanol–water partition coefficient (Wildman–Crippen LogP) is 3.34. The molecule has 1 aliphatic carbocycles. The van der Waals surface area contributed by atoms with E-state index in [2.05, 4.69) is 6.58 Å². The van der Waals surface area contributed by atoms with Crippen molar-refractivity contribution < 1.29 is 19.4 Å². The summed E-state index contributed by atoms with van der Waals surface area (Å²) in [7, 11) is 0. The summed E-state index contributed by atoms with van der Waals surface area (Å²) >= 11 is 0. The number of nitrogens with two attached hydrogens (primary N) is 1. The molecule has 0 aromatic heterocycles. The van der Waals surface area contributed by atoms with Crippen molar-refractivity contribution in [2.75, 3.05) is 6.61 Å². The van der Waals surface area contributed by atoms with Crippen molar-refractivity contribution in [3.05, 3.63) is 72.3 Å². The number of aliphatic carboxylic acids is 1. The lowest BCUT2D eigenvalue weighted by Gasteiger charge is -2.36. The second kappa shape index (κ2) is 6.67. The molecule has 2 aromatic rings. The van der Waals surface area contributed by atoms with E-state index in [0.29, 0.717) is 0 Å². The number of benzene rings is 2. The predicted molar refractivity (Wildman–Crippen MR) is 103 cm³/mol. The highest BCUT2D eigenvalue weighted by Crippen LogP contribution is 2.44. The Labute approximate surface area is 158 Å². The van der Waals surface area contributed by atoms with E-state index in [4.69, 9.17) is 10.5 Å². The van der Waals surface area contributed by atoms with Crippen LogP contribution in [-0.4, -0.2) is 29.2 Å². The molecule has 0 aliphatic heterocycles. The Kier molecular flexibility index (Phi) is 4.66. The van der Waals surface area contributed by atoms with Crippen molar-refractivity contribution in [3.63, 3.8) is 0 Å². The van der Waals surface area contributed by atoms with Gasteiger partial charge in [-0.3, -0.25) is 0 Å². The van der Waals surface area contributed by atoms with Gasteiger partial charge in [0.25, 0.3) is 0 Å². The quantitative estimate of drug-likeness (QED) is 0.466. The van der Waals surface area contributed by atoms with Gasteiger partial charge in [0.15, 0.2) is 0 Å². The fourth-order valence-corrected chi connectivity index (χ4v) is 3.50. The Balaban J connectivity index is 1.90. The molecule has 1 atom stereocenters. The maximum Gasteiger partial charge on any atom is 0.338 e. The standard InChI is InChI=1S/C22H23NO4/c1-4-21(2,3)22(23,19(24)25)20(26)27-13-18-16-11-7-5-9-14(16)15-10-6-8-12-17(15)18/h4-12,18H,1,13,23H2,2-3H3,(H,24,25)/t22-/m1/s1. The molecule has 140 valence electrons. The lowest BCUT2D eigenvalue weighted by molar-refractivity contribution is -0.166. The molecule has 0 heterocycles. The van der Waals surface area contributed by atoms with Gasteiger partial charge in [-0.25, -0.2) is 9.59 Å². The number of carboxylic acids is 1. The van der Waals surface area contributed by atoms with E-state index in [0.717, 1.165) is 22.3 Å². The molecule has 5 heteroatoms. The molecule has 2 aromatic carbocycles. The highest BCUT2D eigenvalue weighted by Gasteiger charge is 2.55. The fraction of sp³-hybridized carbons (Fsp3) is 0.273. The van der Waals surface area contributed by atoms with Crippen molar-refractivity contribution in [1.29, 1.82) is 0 Å². The van der Waals surface area contributed by atoms with Crippen molar-refractivity contribution >= 4 is 11.9 Å². The highest BCUT2D eigenvalue weighted by atomic mass is 16.5. The largest absolute Gasteiger partial charge is 0.479 e. The number of esters is 1. The molecule has 0 unspecified atom stereocenters. The molecule has 3 N–H and O–H groups in total. The Morgan fingerprint density at radius 3 is 2.04 bits per heavy atom. The molecule has 0 amide bonds. The third-order valence-electron chi connectivity index (χ3n) is 5.53. The second-order valence-electron chi connectivity index (χ2n) is 7.36. The van der Waals surface area contributed by atoms with Crippen LogP contribution >= 0.6 is 0 Å². The summed E-state index contributed by atoms with van der Waals surface area (Å²) in [6.45, 7) is 6.73. The minimum absolute atomic E-state index is 0.0202. The number of carboxylic acid groups (broad SMARTS) is 1. The number of ether oxygens (including phenoxy) is 1. The number of carbonyl (C=O) groups is 2. The van der Waals surface area contributed by atoms with E-state index in [1.807, 2.05) is 48.5 Å². The summed E-state index contributed by atoms with van der Waals surface area (Å²) in [5, 5.41) is 9.60. The zero-order valence-electron chi connectivity index (χ0n) is 15.4. The van der Waals surface area contributed by atoms with Crippen LogP contribution in [0.15, 0.2) is 61.2 Å². The van der Waals surface area contributed by atoms with Crippen LogP contribution in [0, 0.1) is 5.41 Å². The van der Waals surface area contributed by atoms with Crippen LogP contribution in [0.2, 0.25) is 0 Å². The fourth-order valence-electron chi connectivity index (χ4n) is 3.50. The minimum Gasteiger partial charge on any atom is -0.479 e. The van der Waals surface area contributed by atoms with Gasteiger partial charge in [0.2, 0.25) is 5.54 Å². The number of hydrogen-bond donors (Lipinski definition) is 2. The number of fused-ring (bicyclic) bond motifs is 3. The molecule has 0 spiro atoms. The zero-order valence-corrected chi connectivity index (χ0v) is 15.4. The summed E-state index contributed by atoms with van der Waals surface area (Å²) in [4.78, 5) is 24.5. The first-order chi connectivity index (χ1) is 12.7. The monoisotopic (exact) mass is 365 g/mol. The molecule has 0 fully saturated rings. The summed E-state index contributed by atoms with van der Waals surface area (Å²) in [6, 6.07) is 15.8. The molecule has 0 radical (unpaired) electrons. The molecule has 5 nitrogen and oxygen atoms in total. The first kappa shape index (κ1) is 18.9. The maximum atomic E-state index is 12.7. The second-order valence-corrected chi connectivity index (χ2v) is 7.36. The van der Waals surface area contributed by atoms with Crippen LogP contribution in [0.3, 0.4) is 0 Å². The van der Waals surface area contributed by atoms with Gasteiger partial charge in [0, 0.05) is 11.3 Å². The topological polar surface area (TPSA) is 89.6 Å². The van der Waals surface area contributed by atoms with Gasteiger partial charge in [-0.2, -0.15) is 0 Å². The van der Waals surface area contributed by atoms with E-state index in [9.17, 15) is 14.7 Å². The van der Waals surface area contributed by atoms with Crippen molar-refractivity contribution in [1.82, 2.24) is 0 Å². The number of carbonyl (C=O) groups excluding carboxylic acids is 1. The van der Waals surface area contributed by atoms with Gasteiger partial charge in [0.1, 0.15) is 6.61 Å². The van der Waals surface area contributed by atoms with E-state index in [-0.39, 0.29) is 12.5 Å². The average Bonchev–Trinajstić information content (AvgIpc) is 2.99. The molecule has 1 aliphatic rings. The van der Waals surface area contributed by atoms with Crippen LogP contribution in [0.1, 0.15) is 30.9 Å². The van der Waals surface area contributed by atoms with Gasteiger partial charge < -0.3 is 15.6 Å². The van der Waals surface area contributed by atoms with E-state index >= 15 is 0 Å². The summed E-state index contributed by atoms with van der Waals surface area (Å²) in [5.74, 6) is -2.57. The van der Waals surface area contributed by atoms with Crippen LogP contribution in [0.25, 0.3) is 11.1 Å².